The number of aliphatic hydroxyl groups excluding tert-OH is 7. The second kappa shape index (κ2) is 6.61. The standard InChI is InChI=1S/C12H22O10/c1-4-6(15)8(17)9(18)11(20-4)22-12(3-14)10(19)7(16)5(2-13)21-12/h4-11,13-19H,2-3H2,1H3/t4?,5-,6-,7-,8?,9?,10+,11-,12?/m1/s1. The molecule has 10 nitrogen and oxygen atoms in total. The van der Waals surface area contributed by atoms with Gasteiger partial charge in [0.25, 0.3) is 0 Å². The van der Waals surface area contributed by atoms with Gasteiger partial charge in [-0.1, -0.05) is 0 Å². The maximum absolute atomic E-state index is 9.99. The number of hydrogen-bond acceptors (Lipinski definition) is 10. The number of rotatable bonds is 4. The van der Waals surface area contributed by atoms with E-state index in [1.54, 1.807) is 0 Å². The van der Waals surface area contributed by atoms with Gasteiger partial charge >= 0.3 is 0 Å². The zero-order valence-corrected chi connectivity index (χ0v) is 11.9. The van der Waals surface area contributed by atoms with Gasteiger partial charge in [0.05, 0.1) is 12.7 Å². The predicted molar refractivity (Wildman–Crippen MR) is 67.2 cm³/mol. The summed E-state index contributed by atoms with van der Waals surface area (Å²) in [5.74, 6) is -2.14. The predicted octanol–water partition coefficient (Wildman–Crippen LogP) is -4.37. The minimum Gasteiger partial charge on any atom is -0.394 e. The molecule has 2 saturated heterocycles. The maximum atomic E-state index is 9.99. The number of aliphatic hydroxyl groups is 7. The highest BCUT2D eigenvalue weighted by Gasteiger charge is 2.58. The lowest BCUT2D eigenvalue weighted by Crippen LogP contribution is -2.61. The van der Waals surface area contributed by atoms with Crippen molar-refractivity contribution in [2.24, 2.45) is 0 Å². The summed E-state index contributed by atoms with van der Waals surface area (Å²) in [5.41, 5.74) is 0. The lowest BCUT2D eigenvalue weighted by Gasteiger charge is -2.42. The molecule has 0 bridgehead atoms. The Morgan fingerprint density at radius 1 is 0.955 bits per heavy atom. The van der Waals surface area contributed by atoms with Crippen LogP contribution in [0.1, 0.15) is 6.92 Å². The van der Waals surface area contributed by atoms with E-state index in [-0.39, 0.29) is 0 Å². The molecule has 0 aromatic heterocycles. The molecule has 9 atom stereocenters. The van der Waals surface area contributed by atoms with E-state index in [2.05, 4.69) is 0 Å². The van der Waals surface area contributed by atoms with Gasteiger partial charge in [0, 0.05) is 0 Å². The highest BCUT2D eigenvalue weighted by atomic mass is 16.8. The first-order chi connectivity index (χ1) is 10.3. The van der Waals surface area contributed by atoms with Gasteiger partial charge in [-0.05, 0) is 6.92 Å². The molecule has 0 spiro atoms. The van der Waals surface area contributed by atoms with Gasteiger partial charge in [-0.2, -0.15) is 0 Å². The van der Waals surface area contributed by atoms with Crippen LogP contribution in [0.2, 0.25) is 0 Å². The molecule has 0 aromatic rings. The average Bonchev–Trinajstić information content (AvgIpc) is 2.75. The van der Waals surface area contributed by atoms with Crippen LogP contribution < -0.4 is 0 Å². The Morgan fingerprint density at radius 3 is 2.09 bits per heavy atom. The number of ether oxygens (including phenoxy) is 3. The summed E-state index contributed by atoms with van der Waals surface area (Å²) in [6.45, 7) is -0.102. The molecular formula is C12H22O10. The van der Waals surface area contributed by atoms with Crippen molar-refractivity contribution < 1.29 is 50.0 Å². The normalized spacial score (nSPS) is 52.9. The van der Waals surface area contributed by atoms with Crippen molar-refractivity contribution >= 4 is 0 Å². The average molecular weight is 326 g/mol. The van der Waals surface area contributed by atoms with Crippen LogP contribution in [0.3, 0.4) is 0 Å². The van der Waals surface area contributed by atoms with E-state index in [9.17, 15) is 30.6 Å². The first-order valence-corrected chi connectivity index (χ1v) is 6.90. The minimum atomic E-state index is -2.14. The molecule has 2 aliphatic rings. The molecule has 2 fully saturated rings. The lowest BCUT2D eigenvalue weighted by molar-refractivity contribution is -0.380. The summed E-state index contributed by atoms with van der Waals surface area (Å²) in [4.78, 5) is 0. The minimum absolute atomic E-state index is 0.630. The van der Waals surface area contributed by atoms with Gasteiger partial charge in [0.1, 0.15) is 43.2 Å². The molecule has 10 heteroatoms. The van der Waals surface area contributed by atoms with E-state index in [1.807, 2.05) is 0 Å². The molecule has 0 aliphatic carbocycles. The highest BCUT2D eigenvalue weighted by molar-refractivity contribution is 4.98. The van der Waals surface area contributed by atoms with Crippen molar-refractivity contribution in [3.8, 4) is 0 Å². The van der Waals surface area contributed by atoms with Gasteiger partial charge in [0.15, 0.2) is 6.29 Å². The molecule has 0 aromatic carbocycles. The fourth-order valence-electron chi connectivity index (χ4n) is 2.58. The Bertz CT molecular complexity index is 381. The van der Waals surface area contributed by atoms with E-state index in [0.717, 1.165) is 0 Å². The van der Waals surface area contributed by atoms with Crippen molar-refractivity contribution in [1.29, 1.82) is 0 Å². The Balaban J connectivity index is 2.16. The highest BCUT2D eigenvalue weighted by Crippen LogP contribution is 2.35. The maximum Gasteiger partial charge on any atom is 0.224 e. The van der Waals surface area contributed by atoms with Gasteiger partial charge in [-0.15, -0.1) is 0 Å². The Morgan fingerprint density at radius 2 is 1.59 bits per heavy atom. The second-order valence-electron chi connectivity index (χ2n) is 5.54. The van der Waals surface area contributed by atoms with Gasteiger partial charge in [-0.3, -0.25) is 0 Å². The Labute approximate surface area is 126 Å². The first kappa shape index (κ1) is 17.9. The van der Waals surface area contributed by atoms with E-state index in [4.69, 9.17) is 19.3 Å². The van der Waals surface area contributed by atoms with Gasteiger partial charge in [-0.25, -0.2) is 0 Å². The summed E-state index contributed by atoms with van der Waals surface area (Å²) in [5, 5.41) is 67.5. The van der Waals surface area contributed by atoms with Crippen LogP contribution in [-0.2, 0) is 14.2 Å². The third-order valence-corrected chi connectivity index (χ3v) is 4.03. The molecule has 0 amide bonds. The largest absolute Gasteiger partial charge is 0.394 e. The zero-order chi connectivity index (χ0) is 16.7. The summed E-state index contributed by atoms with van der Waals surface area (Å²) < 4.78 is 15.6. The van der Waals surface area contributed by atoms with Crippen LogP contribution in [0, 0.1) is 0 Å². The third kappa shape index (κ3) is 2.87. The van der Waals surface area contributed by atoms with Crippen LogP contribution in [0.5, 0.6) is 0 Å². The summed E-state index contributed by atoms with van der Waals surface area (Å²) in [7, 11) is 0. The molecule has 2 rings (SSSR count). The molecular weight excluding hydrogens is 304 g/mol. The molecule has 4 unspecified atom stereocenters. The second-order valence-corrected chi connectivity index (χ2v) is 5.54. The smallest absolute Gasteiger partial charge is 0.224 e. The zero-order valence-electron chi connectivity index (χ0n) is 11.9. The van der Waals surface area contributed by atoms with E-state index in [0.29, 0.717) is 0 Å². The molecule has 2 heterocycles. The van der Waals surface area contributed by atoms with Crippen LogP contribution in [0.4, 0.5) is 0 Å². The van der Waals surface area contributed by atoms with Crippen LogP contribution >= 0.6 is 0 Å². The van der Waals surface area contributed by atoms with Crippen LogP contribution in [0.25, 0.3) is 0 Å². The SMILES string of the molecule is CC1O[C@H](OC2(CO)O[C@H](CO)[C@@H](O)[C@@H]2O)C(O)C(O)[C@@H]1O. The molecule has 0 saturated carbocycles. The monoisotopic (exact) mass is 326 g/mol. The Kier molecular flexibility index (Phi) is 5.39. The van der Waals surface area contributed by atoms with Crippen molar-refractivity contribution in [2.75, 3.05) is 13.2 Å². The Hall–Kier alpha value is -0.400. The van der Waals surface area contributed by atoms with Crippen molar-refractivity contribution in [2.45, 2.75) is 61.7 Å². The summed E-state index contributed by atoms with van der Waals surface area (Å²) in [6.07, 6.45) is -11.4. The quantitative estimate of drug-likeness (QED) is 0.268. The number of hydrogen-bond donors (Lipinski definition) is 7. The van der Waals surface area contributed by atoms with Crippen LogP contribution in [-0.4, -0.2) is 104 Å². The fraction of sp³-hybridized carbons (Fsp3) is 1.00. The van der Waals surface area contributed by atoms with Crippen molar-refractivity contribution in [3.63, 3.8) is 0 Å². The van der Waals surface area contributed by atoms with Crippen molar-refractivity contribution in [3.05, 3.63) is 0 Å². The van der Waals surface area contributed by atoms with Gasteiger partial charge in [0.2, 0.25) is 5.79 Å². The van der Waals surface area contributed by atoms with Crippen molar-refractivity contribution in [1.82, 2.24) is 0 Å². The molecule has 7 N–H and O–H groups in total. The molecule has 0 radical (unpaired) electrons. The van der Waals surface area contributed by atoms with Crippen LogP contribution in [0.15, 0.2) is 0 Å². The van der Waals surface area contributed by atoms with E-state index in [1.165, 1.54) is 6.92 Å². The first-order valence-electron chi connectivity index (χ1n) is 6.90. The van der Waals surface area contributed by atoms with Gasteiger partial charge < -0.3 is 50.0 Å². The molecule has 2 aliphatic heterocycles. The third-order valence-electron chi connectivity index (χ3n) is 4.03. The summed E-state index contributed by atoms with van der Waals surface area (Å²) in [6, 6.07) is 0. The topological polar surface area (TPSA) is 169 Å². The summed E-state index contributed by atoms with van der Waals surface area (Å²) >= 11 is 0. The fourth-order valence-corrected chi connectivity index (χ4v) is 2.58. The van der Waals surface area contributed by atoms with E-state index >= 15 is 0 Å². The molecule has 22 heavy (non-hydrogen) atoms. The van der Waals surface area contributed by atoms with E-state index < -0.39 is 68.0 Å². The molecule has 130 valence electrons. The lowest BCUT2D eigenvalue weighted by atomic mass is 9.99.